The molecule has 143 heavy (non-hydrogen) atoms. The van der Waals surface area contributed by atoms with E-state index in [0.29, 0.717) is 58.7 Å². The number of aldehydes is 1. The number of primary amides is 3. The predicted octanol–water partition coefficient (Wildman–Crippen LogP) is -9.94. The molecule has 1 aromatic heterocycles. The van der Waals surface area contributed by atoms with Gasteiger partial charge < -0.3 is 159 Å². The second-order valence-electron chi connectivity index (χ2n) is 34.3. The number of aliphatic hydroxyl groups is 3. The SMILES string of the molecule is CCC(=O)NCCCC[C@H](NC(=O)CNC(=O)CNC(=O)[C@@H]1CSCC(=O)N[C@@H](Cc2ccccc2)C(=O)N[C@@H](CC(N)=O)C(=O)N[C@@H](Cc2ccccc2)C(=O)N[C@@H](CCC(=O)O)CN[C@@H](CC(=O)O)C(=O)N[C@@H](CCC(N)=O)C(=O)N[C@@H](CO)C(=O)N[C@@H](C)C(=O)N[C@](C=O)(CC(=O)O)CN[C@@H]([C@@H](C)O)C(=O)N[C@@H](Cc2c[nH]c3ccccc23)C(=O)N[C@@H](CCC(N)=O)C(=O)N2CCC[C@H]2C(=O)N1)C(N)O. The van der Waals surface area contributed by atoms with E-state index in [4.69, 9.17) is 22.9 Å². The fourth-order valence-corrected chi connectivity index (χ4v) is 16.0. The van der Waals surface area contributed by atoms with Crippen LogP contribution in [0.1, 0.15) is 134 Å². The highest BCUT2D eigenvalue weighted by Crippen LogP contribution is 2.24. The van der Waals surface area contributed by atoms with E-state index in [1.807, 2.05) is 0 Å². The number of nitrogens with zero attached hydrogens (tertiary/aromatic N) is 1. The van der Waals surface area contributed by atoms with Gasteiger partial charge in [-0.15, -0.1) is 11.8 Å². The van der Waals surface area contributed by atoms with Crippen molar-refractivity contribution in [1.82, 2.24) is 100 Å². The number of hydrogen-bond acceptors (Lipinski definition) is 30. The first-order chi connectivity index (χ1) is 67.8. The Hall–Kier alpha value is -14.7. The molecule has 0 spiro atoms. The summed E-state index contributed by atoms with van der Waals surface area (Å²) in [6, 6.07) is -2.43. The number of aromatic nitrogens is 1. The van der Waals surface area contributed by atoms with Crippen molar-refractivity contribution in [3.8, 4) is 0 Å². The van der Waals surface area contributed by atoms with E-state index in [0.717, 1.165) is 18.7 Å². The highest BCUT2D eigenvalue weighted by Gasteiger charge is 2.44. The smallest absolute Gasteiger partial charge is 0.306 e. The maximum absolute atomic E-state index is 15.3. The molecule has 53 heteroatoms. The predicted molar refractivity (Wildman–Crippen MR) is 506 cm³/mol. The number of carboxylic acid groups (broad SMARTS) is 3. The standard InChI is InChI=1S/C90H127N23O29S/c1-4-69(120)95-30-14-13-22-55(77(94)130)103-71(122)41-98-70(121)40-99-79(132)64-43-143-44-72(123)104-59(32-49-16-7-5-8-17-49)83(136)108-62(35-68(93)119)85(138)107-60(33-50-18-9-6-10-19-50)82(135)102-52(24-29-73(124)125)39-97-58(36-74(126)127)81(134)105-56(25-27-66(91)117)80(133)110-63(42-114)86(139)101-47(2)78(131)112-90(46-115,37-75(128)129)45-100-76(48(3)116)88(141)109-61(34-51-38-96-54-21-12-11-20-53(51)54)84(137)106-57(26-28-67(92)118)89(142)113-31-15-23-65(113)87(140)111-64/h5-12,16-21,38,46-48,52,55-65,76-77,96-97,100,114,116,130H,4,13-15,22-37,39-45,94H2,1-3H3,(H2,91,117)(H2,92,118)(H2,93,119)(H,95,120)(H,98,121)(H,99,132)(H,101,139)(H,102,135)(H,103,122)(H,104,123)(H,105,134)(H,106,137)(H,107,138)(H,108,136)(H,109,141)(H,110,133)(H,111,140)(H,112,131)(H,124,125)(H,126,127)(H,128,129)/t47-,48+,52-,55-,56-,57-,58-,59-,60-,61-,62-,63-,64-,65-,76-,77?,90+/m0/s1. The zero-order valence-corrected chi connectivity index (χ0v) is 79.6. The zero-order valence-electron chi connectivity index (χ0n) is 78.8. The van der Waals surface area contributed by atoms with E-state index in [1.165, 1.54) is 18.3 Å². The van der Waals surface area contributed by atoms with Crippen LogP contribution in [0.4, 0.5) is 0 Å². The van der Waals surface area contributed by atoms with Gasteiger partial charge in [-0.05, 0) is 88.0 Å². The number of para-hydroxylation sites is 1. The number of H-pyrrole nitrogens is 1. The summed E-state index contributed by atoms with van der Waals surface area (Å²) in [5, 5.41) is 104. The summed E-state index contributed by atoms with van der Waals surface area (Å²) in [4.78, 5) is 321. The van der Waals surface area contributed by atoms with E-state index in [-0.39, 0.29) is 50.8 Å². The largest absolute Gasteiger partial charge is 0.481 e. The highest BCUT2D eigenvalue weighted by atomic mass is 32.2. The van der Waals surface area contributed by atoms with E-state index in [2.05, 4.69) is 95.4 Å². The van der Waals surface area contributed by atoms with Crippen LogP contribution in [0.5, 0.6) is 0 Å². The molecule has 19 amide bonds. The molecule has 3 aromatic carbocycles. The van der Waals surface area contributed by atoms with Crippen molar-refractivity contribution < 1.29 is 141 Å². The monoisotopic (exact) mass is 2030 g/mol. The summed E-state index contributed by atoms with van der Waals surface area (Å²) >= 11 is 0.645. The van der Waals surface area contributed by atoms with E-state index >= 15 is 14.4 Å². The lowest BCUT2D eigenvalue weighted by Crippen LogP contribution is -2.65. The van der Waals surface area contributed by atoms with Crippen LogP contribution >= 0.6 is 11.8 Å². The molecule has 2 aliphatic heterocycles. The van der Waals surface area contributed by atoms with Crippen molar-refractivity contribution in [2.24, 2.45) is 22.9 Å². The lowest BCUT2D eigenvalue weighted by Gasteiger charge is -2.33. The van der Waals surface area contributed by atoms with Crippen molar-refractivity contribution in [3.05, 3.63) is 108 Å². The minimum atomic E-state index is -2.64. The Kier molecular flexibility index (Phi) is 48.4. The van der Waals surface area contributed by atoms with E-state index in [1.54, 1.807) is 79.7 Å². The number of aliphatic carboxylic acids is 3. The Labute approximate surface area is 823 Å². The Bertz CT molecular complexity index is 5150. The molecule has 4 aromatic rings. The minimum absolute atomic E-state index is 0.0558. The van der Waals surface area contributed by atoms with Crippen molar-refractivity contribution in [1.29, 1.82) is 0 Å². The number of carbonyl (C=O) groups is 23. The molecule has 0 aliphatic carbocycles. The number of amides is 19. The van der Waals surface area contributed by atoms with Crippen molar-refractivity contribution in [2.45, 2.75) is 239 Å². The summed E-state index contributed by atoms with van der Waals surface area (Å²) in [6.07, 6.45) is -9.39. The van der Waals surface area contributed by atoms with Crippen molar-refractivity contribution in [3.63, 3.8) is 0 Å². The van der Waals surface area contributed by atoms with Crippen LogP contribution in [0.2, 0.25) is 0 Å². The third-order valence-corrected chi connectivity index (χ3v) is 23.9. The second-order valence-corrected chi connectivity index (χ2v) is 35.3. The van der Waals surface area contributed by atoms with E-state index < -0.39 is 342 Å². The molecule has 0 saturated carbocycles. The van der Waals surface area contributed by atoms with Crippen LogP contribution in [-0.2, 0) is 130 Å². The topological polar surface area (TPSA) is 842 Å². The lowest BCUT2D eigenvalue weighted by atomic mass is 9.95. The van der Waals surface area contributed by atoms with E-state index in [9.17, 15) is 127 Å². The number of nitrogens with two attached hydrogens (primary N) is 4. The van der Waals surface area contributed by atoms with Crippen LogP contribution in [0.15, 0.2) is 91.1 Å². The van der Waals surface area contributed by atoms with Gasteiger partial charge in [0.1, 0.15) is 84.5 Å². The summed E-state index contributed by atoms with van der Waals surface area (Å²) in [5.41, 5.74) is 21.5. The highest BCUT2D eigenvalue weighted by molar-refractivity contribution is 8.00. The van der Waals surface area contributed by atoms with Crippen molar-refractivity contribution >= 4 is 159 Å². The molecular weight excluding hydrogens is 1900 g/mol. The third-order valence-electron chi connectivity index (χ3n) is 22.8. The molecule has 32 N–H and O–H groups in total. The van der Waals surface area contributed by atoms with Crippen LogP contribution in [0, 0.1) is 0 Å². The molecule has 52 nitrogen and oxygen atoms in total. The minimum Gasteiger partial charge on any atom is -0.481 e. The second kappa shape index (κ2) is 59.2. The first-order valence-corrected chi connectivity index (χ1v) is 47.1. The van der Waals surface area contributed by atoms with Crippen LogP contribution in [0.25, 0.3) is 10.9 Å². The number of aromatic amines is 1. The molecule has 3 heterocycles. The number of unbranched alkanes of at least 4 members (excludes halogenated alkanes) is 1. The fourth-order valence-electron chi connectivity index (χ4n) is 15.2. The van der Waals surface area contributed by atoms with Crippen LogP contribution < -0.4 is 113 Å². The maximum atomic E-state index is 15.3. The number of fused-ring (bicyclic) bond motifs is 2. The summed E-state index contributed by atoms with van der Waals surface area (Å²) < 4.78 is 0. The average molecular weight is 2030 g/mol. The number of hydrogen-bond donors (Lipinski definition) is 28. The fraction of sp³-hybridized carbons (Fsp3) is 0.522. The molecule has 0 bridgehead atoms. The zero-order chi connectivity index (χ0) is 106. The lowest BCUT2D eigenvalue weighted by molar-refractivity contribution is -0.142. The summed E-state index contributed by atoms with van der Waals surface area (Å²) in [6.45, 7) is -0.947. The third kappa shape index (κ3) is 40.5. The molecule has 2 fully saturated rings. The maximum Gasteiger partial charge on any atom is 0.306 e. The first kappa shape index (κ1) is 117. The van der Waals surface area contributed by atoms with Gasteiger partial charge in [-0.2, -0.15) is 0 Å². The van der Waals surface area contributed by atoms with Gasteiger partial charge in [-0.25, -0.2) is 0 Å². The molecule has 2 aliphatic rings. The summed E-state index contributed by atoms with van der Waals surface area (Å²) in [7, 11) is 0. The molecule has 2 saturated heterocycles. The molecule has 782 valence electrons. The number of benzene rings is 3. The van der Waals surface area contributed by atoms with Gasteiger partial charge in [-0.3, -0.25) is 105 Å². The van der Waals surface area contributed by atoms with Crippen LogP contribution in [0.3, 0.4) is 0 Å². The quantitative estimate of drug-likeness (QED) is 0.0113. The van der Waals surface area contributed by atoms with Gasteiger partial charge >= 0.3 is 17.9 Å². The number of aliphatic hydroxyl groups excluding tert-OH is 3. The average Bonchev–Trinajstić information content (AvgIpc) is 1.67. The van der Waals surface area contributed by atoms with Gasteiger partial charge in [0.15, 0.2) is 0 Å². The van der Waals surface area contributed by atoms with Gasteiger partial charge in [0.25, 0.3) is 0 Å². The first-order valence-electron chi connectivity index (χ1n) is 45.9. The number of carbonyl (C=O) groups excluding carboxylic acids is 20. The van der Waals surface area contributed by atoms with Gasteiger partial charge in [0, 0.05) is 100 Å². The van der Waals surface area contributed by atoms with Gasteiger partial charge in [0.05, 0.1) is 62.9 Å². The Morgan fingerprint density at radius 3 is 1.70 bits per heavy atom. The number of nitrogens with one attached hydrogen (secondary N) is 18. The number of thioether (sulfide) groups is 1. The molecule has 1 unspecified atom stereocenters. The van der Waals surface area contributed by atoms with Crippen LogP contribution in [-0.4, -0.2) is 337 Å². The number of carboxylic acids is 3. The Morgan fingerprint density at radius 2 is 1.10 bits per heavy atom. The molecular formula is C90H127N23O29S. The van der Waals surface area contributed by atoms with Gasteiger partial charge in [0.2, 0.25) is 112 Å². The molecule has 17 atom stereocenters. The van der Waals surface area contributed by atoms with Crippen molar-refractivity contribution in [2.75, 3.05) is 57.4 Å². The molecule has 6 rings (SSSR count). The Morgan fingerprint density at radius 1 is 0.552 bits per heavy atom. The normalized spacial score (nSPS) is 23.8. The summed E-state index contributed by atoms with van der Waals surface area (Å²) in [5.74, 6) is -27.1. The van der Waals surface area contributed by atoms with Gasteiger partial charge in [-0.1, -0.05) is 85.8 Å². The Balaban J connectivity index is 1.44. The molecule has 0 radical (unpaired) electrons. The number of rotatable bonds is 37.